The van der Waals surface area contributed by atoms with E-state index in [-0.39, 0.29) is 25.5 Å². The Labute approximate surface area is 202 Å². The number of imide groups is 1. The van der Waals surface area contributed by atoms with Gasteiger partial charge in [0.1, 0.15) is 13.1 Å². The van der Waals surface area contributed by atoms with Crippen LogP contribution in [0.2, 0.25) is 0 Å². The van der Waals surface area contributed by atoms with Crippen molar-refractivity contribution in [1.29, 1.82) is 0 Å². The summed E-state index contributed by atoms with van der Waals surface area (Å²) in [5, 5.41) is 16.7. The Morgan fingerprint density at radius 1 is 1.03 bits per heavy atom. The molecule has 11 heteroatoms. The SMILES string of the molecule is Cc1ccccc1NC(=O)Nc1ccc(CN2CC(=O)N(CC(=O)N[C@H](C)CC(=O)O)C2=O)cc1. The van der Waals surface area contributed by atoms with Crippen LogP contribution < -0.4 is 16.0 Å². The number of aryl methyl sites for hydroxylation is 1. The summed E-state index contributed by atoms with van der Waals surface area (Å²) in [5.74, 6) is -2.19. The van der Waals surface area contributed by atoms with Crippen LogP contribution in [0.1, 0.15) is 24.5 Å². The van der Waals surface area contributed by atoms with Crippen molar-refractivity contribution in [3.63, 3.8) is 0 Å². The van der Waals surface area contributed by atoms with Gasteiger partial charge >= 0.3 is 18.0 Å². The van der Waals surface area contributed by atoms with Crippen LogP contribution in [0.15, 0.2) is 48.5 Å². The number of hydrogen-bond donors (Lipinski definition) is 4. The first kappa shape index (κ1) is 25.2. The fourth-order valence-electron chi connectivity index (χ4n) is 3.56. The molecular weight excluding hydrogens is 454 g/mol. The molecule has 1 aliphatic heterocycles. The number of anilines is 2. The number of carbonyl (C=O) groups is 5. The maximum absolute atomic E-state index is 12.6. The van der Waals surface area contributed by atoms with Crippen LogP contribution in [-0.4, -0.2) is 63.9 Å². The molecule has 4 N–H and O–H groups in total. The number of aliphatic carboxylic acids is 1. The zero-order valence-electron chi connectivity index (χ0n) is 19.4. The fourth-order valence-corrected chi connectivity index (χ4v) is 3.56. The standard InChI is InChI=1S/C24H27N5O6/c1-15-5-3-4-6-19(15)27-23(34)26-18-9-7-17(8-10-18)12-28-14-21(31)29(24(28)35)13-20(30)25-16(2)11-22(32)33/h3-10,16H,11-14H2,1-2H3,(H,25,30)(H,32,33)(H2,26,27,34)/t16-/m1/s1. The number of nitrogens with zero attached hydrogens (tertiary/aromatic N) is 2. The van der Waals surface area contributed by atoms with Crippen LogP contribution in [-0.2, 0) is 20.9 Å². The molecule has 0 unspecified atom stereocenters. The lowest BCUT2D eigenvalue weighted by Crippen LogP contribution is -2.44. The largest absolute Gasteiger partial charge is 0.481 e. The van der Waals surface area contributed by atoms with E-state index in [1.54, 1.807) is 30.3 Å². The van der Waals surface area contributed by atoms with Crippen LogP contribution in [0.5, 0.6) is 0 Å². The summed E-state index contributed by atoms with van der Waals surface area (Å²) in [6.07, 6.45) is -0.266. The highest BCUT2D eigenvalue weighted by Gasteiger charge is 2.37. The van der Waals surface area contributed by atoms with Gasteiger partial charge in [-0.15, -0.1) is 0 Å². The topological polar surface area (TPSA) is 148 Å². The minimum absolute atomic E-state index is 0.147. The van der Waals surface area contributed by atoms with Crippen molar-refractivity contribution in [2.75, 3.05) is 23.7 Å². The normalized spacial score (nSPS) is 14.0. The summed E-state index contributed by atoms with van der Waals surface area (Å²) >= 11 is 0. The molecular formula is C24H27N5O6. The zero-order chi connectivity index (χ0) is 25.5. The molecule has 184 valence electrons. The van der Waals surface area contributed by atoms with Gasteiger partial charge in [-0.2, -0.15) is 0 Å². The van der Waals surface area contributed by atoms with Gasteiger partial charge in [0, 0.05) is 24.0 Å². The summed E-state index contributed by atoms with van der Waals surface area (Å²) in [7, 11) is 0. The maximum atomic E-state index is 12.6. The van der Waals surface area contributed by atoms with Gasteiger partial charge in [0.05, 0.1) is 6.42 Å². The average Bonchev–Trinajstić information content (AvgIpc) is 3.03. The molecule has 1 fully saturated rings. The third-order valence-electron chi connectivity index (χ3n) is 5.30. The molecule has 11 nitrogen and oxygen atoms in total. The van der Waals surface area contributed by atoms with Gasteiger partial charge in [-0.05, 0) is 43.2 Å². The fraction of sp³-hybridized carbons (Fsp3) is 0.292. The molecule has 0 radical (unpaired) electrons. The second-order valence-corrected chi connectivity index (χ2v) is 8.28. The summed E-state index contributed by atoms with van der Waals surface area (Å²) in [6, 6.07) is 12.6. The van der Waals surface area contributed by atoms with E-state index in [0.717, 1.165) is 16.0 Å². The minimum Gasteiger partial charge on any atom is -0.481 e. The Morgan fingerprint density at radius 2 is 1.71 bits per heavy atom. The number of nitrogens with one attached hydrogen (secondary N) is 3. The van der Waals surface area contributed by atoms with Crippen molar-refractivity contribution in [2.45, 2.75) is 32.9 Å². The van der Waals surface area contributed by atoms with Crippen LogP contribution in [0, 0.1) is 6.92 Å². The van der Waals surface area contributed by atoms with Crippen LogP contribution >= 0.6 is 0 Å². The third-order valence-corrected chi connectivity index (χ3v) is 5.30. The monoisotopic (exact) mass is 481 g/mol. The lowest BCUT2D eigenvalue weighted by Gasteiger charge is -2.18. The number of carboxylic acid groups (broad SMARTS) is 1. The first-order valence-corrected chi connectivity index (χ1v) is 11.0. The Morgan fingerprint density at radius 3 is 2.37 bits per heavy atom. The van der Waals surface area contributed by atoms with Gasteiger partial charge in [0.15, 0.2) is 0 Å². The van der Waals surface area contributed by atoms with Crippen LogP contribution in [0.25, 0.3) is 0 Å². The quantitative estimate of drug-likeness (QED) is 0.404. The summed E-state index contributed by atoms with van der Waals surface area (Å²) in [5.41, 5.74) is 2.92. The number of benzene rings is 2. The lowest BCUT2D eigenvalue weighted by molar-refractivity contribution is -0.138. The average molecular weight is 482 g/mol. The zero-order valence-corrected chi connectivity index (χ0v) is 19.4. The Bertz CT molecular complexity index is 1130. The van der Waals surface area contributed by atoms with E-state index < -0.39 is 36.4 Å². The van der Waals surface area contributed by atoms with E-state index in [2.05, 4.69) is 16.0 Å². The summed E-state index contributed by atoms with van der Waals surface area (Å²) < 4.78 is 0. The van der Waals surface area contributed by atoms with E-state index >= 15 is 0 Å². The molecule has 1 saturated heterocycles. The van der Waals surface area contributed by atoms with Gasteiger partial charge in [-0.25, -0.2) is 9.59 Å². The number of carboxylic acids is 1. The van der Waals surface area contributed by atoms with Crippen molar-refractivity contribution in [2.24, 2.45) is 0 Å². The molecule has 6 amide bonds. The Hall–Kier alpha value is -4.41. The van der Waals surface area contributed by atoms with Crippen molar-refractivity contribution in [3.05, 3.63) is 59.7 Å². The highest BCUT2D eigenvalue weighted by molar-refractivity contribution is 6.04. The molecule has 0 saturated carbocycles. The number of rotatable bonds is 9. The highest BCUT2D eigenvalue weighted by atomic mass is 16.4. The molecule has 2 aromatic carbocycles. The van der Waals surface area contributed by atoms with E-state index in [9.17, 15) is 24.0 Å². The molecule has 2 aromatic rings. The number of urea groups is 2. The van der Waals surface area contributed by atoms with Gasteiger partial charge in [0.25, 0.3) is 5.91 Å². The number of para-hydroxylation sites is 1. The minimum atomic E-state index is -1.06. The highest BCUT2D eigenvalue weighted by Crippen LogP contribution is 2.18. The van der Waals surface area contributed by atoms with Crippen molar-refractivity contribution >= 4 is 41.2 Å². The van der Waals surface area contributed by atoms with Crippen LogP contribution in [0.3, 0.4) is 0 Å². The molecule has 3 rings (SSSR count). The van der Waals surface area contributed by atoms with E-state index in [0.29, 0.717) is 11.4 Å². The second-order valence-electron chi connectivity index (χ2n) is 8.28. The number of amides is 6. The van der Waals surface area contributed by atoms with Gasteiger partial charge in [-0.1, -0.05) is 30.3 Å². The second kappa shape index (κ2) is 11.1. The number of carbonyl (C=O) groups excluding carboxylic acids is 4. The van der Waals surface area contributed by atoms with Crippen LogP contribution in [0.4, 0.5) is 21.0 Å². The van der Waals surface area contributed by atoms with Gasteiger partial charge in [0.2, 0.25) is 5.91 Å². The van der Waals surface area contributed by atoms with E-state index in [4.69, 9.17) is 5.11 Å². The smallest absolute Gasteiger partial charge is 0.328 e. The van der Waals surface area contributed by atoms with Crippen molar-refractivity contribution in [3.8, 4) is 0 Å². The summed E-state index contributed by atoms with van der Waals surface area (Å²) in [4.78, 5) is 62.1. The molecule has 0 aromatic heterocycles. The van der Waals surface area contributed by atoms with Gasteiger partial charge in [-0.3, -0.25) is 19.3 Å². The van der Waals surface area contributed by atoms with Crippen molar-refractivity contribution in [1.82, 2.24) is 15.1 Å². The van der Waals surface area contributed by atoms with E-state index in [1.165, 1.54) is 11.8 Å². The molecule has 1 heterocycles. The first-order valence-electron chi connectivity index (χ1n) is 11.0. The Kier molecular flexibility index (Phi) is 8.03. The first-order chi connectivity index (χ1) is 16.6. The third kappa shape index (κ3) is 7.03. The maximum Gasteiger partial charge on any atom is 0.328 e. The predicted octanol–water partition coefficient (Wildman–Crippen LogP) is 2.38. The molecule has 0 aliphatic carbocycles. The lowest BCUT2D eigenvalue weighted by atomic mass is 10.2. The van der Waals surface area contributed by atoms with Gasteiger partial charge < -0.3 is 26.0 Å². The van der Waals surface area contributed by atoms with E-state index in [1.807, 2.05) is 25.1 Å². The number of hydrogen-bond acceptors (Lipinski definition) is 5. The molecule has 0 spiro atoms. The molecule has 1 aliphatic rings. The molecule has 1 atom stereocenters. The predicted molar refractivity (Wildman–Crippen MR) is 128 cm³/mol. The molecule has 0 bridgehead atoms. The summed E-state index contributed by atoms with van der Waals surface area (Å²) in [6.45, 7) is 2.92. The molecule has 35 heavy (non-hydrogen) atoms. The van der Waals surface area contributed by atoms with Crippen molar-refractivity contribution < 1.29 is 29.1 Å². The Balaban J connectivity index is 1.52.